The summed E-state index contributed by atoms with van der Waals surface area (Å²) in [5.41, 5.74) is 3.17. The summed E-state index contributed by atoms with van der Waals surface area (Å²) in [6.07, 6.45) is 2.96. The van der Waals surface area contributed by atoms with E-state index in [1.165, 1.54) is 5.69 Å². The Kier molecular flexibility index (Phi) is 3.54. The first-order valence-corrected chi connectivity index (χ1v) is 7.09. The second-order valence-corrected chi connectivity index (χ2v) is 5.36. The van der Waals surface area contributed by atoms with Gasteiger partial charge < -0.3 is 10.2 Å². The van der Waals surface area contributed by atoms with E-state index in [4.69, 9.17) is 0 Å². The number of para-hydroxylation sites is 1. The van der Waals surface area contributed by atoms with Gasteiger partial charge in [-0.2, -0.15) is 0 Å². The van der Waals surface area contributed by atoms with Gasteiger partial charge in [0.15, 0.2) is 0 Å². The summed E-state index contributed by atoms with van der Waals surface area (Å²) >= 11 is 0. The van der Waals surface area contributed by atoms with Crippen LogP contribution in [0.25, 0.3) is 0 Å². The number of anilines is 2. The van der Waals surface area contributed by atoms with Crippen LogP contribution in [0.3, 0.4) is 0 Å². The van der Waals surface area contributed by atoms with Crippen molar-refractivity contribution in [1.29, 1.82) is 0 Å². The highest BCUT2D eigenvalue weighted by molar-refractivity contribution is 5.48. The fourth-order valence-electron chi connectivity index (χ4n) is 2.66. The van der Waals surface area contributed by atoms with E-state index in [1.54, 1.807) is 0 Å². The molecule has 0 amide bonds. The molecule has 1 aliphatic heterocycles. The highest BCUT2D eigenvalue weighted by atomic mass is 15.2. The Morgan fingerprint density at radius 2 is 2.00 bits per heavy atom. The van der Waals surface area contributed by atoms with E-state index in [2.05, 4.69) is 44.5 Å². The molecule has 4 heteroatoms. The highest BCUT2D eigenvalue weighted by Crippen LogP contribution is 2.22. The molecule has 1 fully saturated rings. The molecule has 4 nitrogen and oxygen atoms in total. The van der Waals surface area contributed by atoms with Crippen LogP contribution in [0, 0.1) is 13.8 Å². The van der Waals surface area contributed by atoms with E-state index in [9.17, 15) is 0 Å². The average Bonchev–Trinajstić information content (AvgIpc) is 2.91. The molecule has 0 radical (unpaired) electrons. The molecule has 104 valence electrons. The number of aryl methyl sites for hydroxylation is 2. The van der Waals surface area contributed by atoms with E-state index >= 15 is 0 Å². The molecule has 20 heavy (non-hydrogen) atoms. The third-order valence-corrected chi connectivity index (χ3v) is 3.68. The van der Waals surface area contributed by atoms with E-state index in [0.717, 1.165) is 36.7 Å². The van der Waals surface area contributed by atoms with Crippen molar-refractivity contribution in [2.45, 2.75) is 26.3 Å². The Labute approximate surface area is 119 Å². The number of hydrogen-bond donors (Lipinski definition) is 1. The van der Waals surface area contributed by atoms with Gasteiger partial charge in [-0.1, -0.05) is 18.2 Å². The summed E-state index contributed by atoms with van der Waals surface area (Å²) in [7, 11) is 0. The molecule has 0 spiro atoms. The zero-order valence-electron chi connectivity index (χ0n) is 12.0. The maximum Gasteiger partial charge on any atom is 0.150 e. The van der Waals surface area contributed by atoms with E-state index in [1.807, 2.05) is 26.1 Å². The molecule has 2 heterocycles. The second kappa shape index (κ2) is 5.49. The predicted octanol–water partition coefficient (Wildman–Crippen LogP) is 2.78. The van der Waals surface area contributed by atoms with E-state index in [0.29, 0.717) is 6.04 Å². The molecule has 2 aromatic rings. The van der Waals surface area contributed by atoms with Gasteiger partial charge in [-0.15, -0.1) is 0 Å². The van der Waals surface area contributed by atoms with Gasteiger partial charge in [0.25, 0.3) is 0 Å². The maximum atomic E-state index is 4.63. The lowest BCUT2D eigenvalue weighted by atomic mass is 10.2. The molecule has 3 rings (SSSR count). The summed E-state index contributed by atoms with van der Waals surface area (Å²) in [4.78, 5) is 11.4. The van der Waals surface area contributed by atoms with Crippen LogP contribution in [0.1, 0.15) is 17.8 Å². The minimum Gasteiger partial charge on any atom is -0.380 e. The lowest BCUT2D eigenvalue weighted by molar-refractivity contribution is 0.805. The Morgan fingerprint density at radius 1 is 1.20 bits per heavy atom. The number of hydrogen-bond acceptors (Lipinski definition) is 4. The lowest BCUT2D eigenvalue weighted by Gasteiger charge is -2.20. The zero-order valence-corrected chi connectivity index (χ0v) is 12.0. The Morgan fingerprint density at radius 3 is 2.80 bits per heavy atom. The van der Waals surface area contributed by atoms with Gasteiger partial charge in [0.05, 0.1) is 11.4 Å². The molecule has 1 aromatic heterocycles. The van der Waals surface area contributed by atoms with Crippen molar-refractivity contribution >= 4 is 11.5 Å². The van der Waals surface area contributed by atoms with Gasteiger partial charge in [-0.05, 0) is 32.4 Å². The number of aromatic nitrogens is 2. The predicted molar refractivity (Wildman–Crippen MR) is 82.2 cm³/mol. The van der Waals surface area contributed by atoms with Gasteiger partial charge in [0, 0.05) is 31.0 Å². The third-order valence-electron chi connectivity index (χ3n) is 3.68. The van der Waals surface area contributed by atoms with Crippen LogP contribution >= 0.6 is 0 Å². The number of nitrogens with zero attached hydrogens (tertiary/aromatic N) is 3. The number of nitrogens with one attached hydrogen (secondary N) is 1. The van der Waals surface area contributed by atoms with E-state index in [-0.39, 0.29) is 0 Å². The zero-order chi connectivity index (χ0) is 13.9. The normalized spacial score (nSPS) is 18.3. The summed E-state index contributed by atoms with van der Waals surface area (Å²) < 4.78 is 0. The maximum absolute atomic E-state index is 4.63. The summed E-state index contributed by atoms with van der Waals surface area (Å²) in [6, 6.07) is 10.9. The van der Waals surface area contributed by atoms with Gasteiger partial charge in [-0.3, -0.25) is 4.98 Å². The monoisotopic (exact) mass is 268 g/mol. The molecule has 1 unspecified atom stereocenters. The van der Waals surface area contributed by atoms with Crippen molar-refractivity contribution in [1.82, 2.24) is 9.97 Å². The van der Waals surface area contributed by atoms with Gasteiger partial charge in [0.1, 0.15) is 5.82 Å². The molecular weight excluding hydrogens is 248 g/mol. The fourth-order valence-corrected chi connectivity index (χ4v) is 2.66. The molecule has 1 atom stereocenters. The van der Waals surface area contributed by atoms with E-state index < -0.39 is 0 Å². The fraction of sp³-hybridized carbons (Fsp3) is 0.375. The molecule has 1 aliphatic rings. The highest BCUT2D eigenvalue weighted by Gasteiger charge is 2.24. The van der Waals surface area contributed by atoms with Crippen LogP contribution in [-0.4, -0.2) is 29.1 Å². The standard InChI is InChI=1S/C16H20N4/c1-12-10-17-13(2)16(18-12)20-9-8-15(11-20)19-14-6-4-3-5-7-14/h3-7,10,15,19H,8-9,11H2,1-2H3. The topological polar surface area (TPSA) is 41.1 Å². The smallest absolute Gasteiger partial charge is 0.150 e. The average molecular weight is 268 g/mol. The molecule has 1 aromatic carbocycles. The summed E-state index contributed by atoms with van der Waals surface area (Å²) in [6.45, 7) is 6.03. The van der Waals surface area contributed by atoms with Crippen LogP contribution in [0.15, 0.2) is 36.5 Å². The first-order valence-electron chi connectivity index (χ1n) is 7.09. The molecule has 0 bridgehead atoms. The summed E-state index contributed by atoms with van der Waals surface area (Å²) in [5.74, 6) is 1.03. The van der Waals surface area contributed by atoms with Crippen molar-refractivity contribution in [3.8, 4) is 0 Å². The van der Waals surface area contributed by atoms with Crippen LogP contribution in [0.2, 0.25) is 0 Å². The third kappa shape index (κ3) is 2.74. The molecule has 0 saturated carbocycles. The van der Waals surface area contributed by atoms with Crippen molar-refractivity contribution in [2.75, 3.05) is 23.3 Å². The molecule has 1 N–H and O–H groups in total. The van der Waals surface area contributed by atoms with Crippen LogP contribution in [-0.2, 0) is 0 Å². The minimum atomic E-state index is 0.471. The molecular formula is C16H20N4. The largest absolute Gasteiger partial charge is 0.380 e. The van der Waals surface area contributed by atoms with Crippen LogP contribution in [0.5, 0.6) is 0 Å². The van der Waals surface area contributed by atoms with Crippen molar-refractivity contribution in [3.63, 3.8) is 0 Å². The van der Waals surface area contributed by atoms with Crippen molar-refractivity contribution < 1.29 is 0 Å². The molecule has 1 saturated heterocycles. The number of benzene rings is 1. The SMILES string of the molecule is Cc1cnc(C)c(N2CCC(Nc3ccccc3)C2)n1. The Hall–Kier alpha value is -2.10. The van der Waals surface area contributed by atoms with Crippen molar-refractivity contribution in [2.24, 2.45) is 0 Å². The van der Waals surface area contributed by atoms with Gasteiger partial charge in [0.2, 0.25) is 0 Å². The first kappa shape index (κ1) is 12.9. The van der Waals surface area contributed by atoms with Crippen molar-refractivity contribution in [3.05, 3.63) is 47.9 Å². The number of rotatable bonds is 3. The first-order chi connectivity index (χ1) is 9.72. The van der Waals surface area contributed by atoms with Gasteiger partial charge >= 0.3 is 0 Å². The minimum absolute atomic E-state index is 0.471. The summed E-state index contributed by atoms with van der Waals surface area (Å²) in [5, 5.41) is 3.58. The van der Waals surface area contributed by atoms with Crippen LogP contribution < -0.4 is 10.2 Å². The van der Waals surface area contributed by atoms with Gasteiger partial charge in [-0.25, -0.2) is 4.98 Å². The Bertz CT molecular complexity index is 582. The van der Waals surface area contributed by atoms with Crippen LogP contribution in [0.4, 0.5) is 11.5 Å². The second-order valence-electron chi connectivity index (χ2n) is 5.36. The molecule has 0 aliphatic carbocycles. The Balaban J connectivity index is 1.69. The quantitative estimate of drug-likeness (QED) is 0.929. The lowest BCUT2D eigenvalue weighted by Crippen LogP contribution is -2.27.